The maximum absolute atomic E-state index is 4.84. The second kappa shape index (κ2) is 23.3. The van der Waals surface area contributed by atoms with Gasteiger partial charge in [0.15, 0.2) is 0 Å². The zero-order chi connectivity index (χ0) is 29.5. The molecule has 0 heterocycles. The zero-order valence-corrected chi connectivity index (χ0v) is 26.9. The average molecular weight is 521 g/mol. The minimum atomic E-state index is 0. The lowest BCUT2D eigenvalue weighted by molar-refractivity contribution is 0.559. The molecule has 0 spiro atoms. The molecule has 2 aromatic carbocycles. The lowest BCUT2D eigenvalue weighted by Gasteiger charge is -2.23. The molecule has 0 saturated carbocycles. The molecule has 0 aliphatic heterocycles. The highest BCUT2D eigenvalue weighted by atomic mass is 15.4. The second-order valence-corrected chi connectivity index (χ2v) is 9.03. The molecule has 1 atom stereocenters. The summed E-state index contributed by atoms with van der Waals surface area (Å²) < 4.78 is 0. The fourth-order valence-electron chi connectivity index (χ4n) is 3.45. The third-order valence-corrected chi connectivity index (χ3v) is 5.46. The zero-order valence-electron chi connectivity index (χ0n) is 26.9. The van der Waals surface area contributed by atoms with Gasteiger partial charge in [-0.2, -0.15) is 5.10 Å². The number of allylic oxidation sites excluding steroid dienone is 5. The molecule has 0 amide bonds. The molecule has 2 nitrogen and oxygen atoms in total. The van der Waals surface area contributed by atoms with E-state index in [0.29, 0.717) is 5.92 Å². The minimum absolute atomic E-state index is 0. The summed E-state index contributed by atoms with van der Waals surface area (Å²) in [6, 6.07) is 15.2. The monoisotopic (exact) mass is 520 g/mol. The summed E-state index contributed by atoms with van der Waals surface area (Å²) >= 11 is 0. The molecular formula is C36H60N2. The standard InChI is InChI=1S/C26H30N2.2C3H8.2C2H6.H2/c1-6-19(2)16-23-17-24(22-13-8-7-9-14-22)18-26(21(23)4)28(5)27-25-15-11-10-12-20(25)3;2*1-3-2;2*1-2;/h7-15,17-19H,3,6,16H2,1-2,4-5H3;2*3H2,1-2H3;2*1-2H3;1H/b27-25-;;;;;. The van der Waals surface area contributed by atoms with Gasteiger partial charge in [-0.25, -0.2) is 0 Å². The van der Waals surface area contributed by atoms with Gasteiger partial charge in [0.1, 0.15) is 0 Å². The Balaban J connectivity index is -0.00000104. The van der Waals surface area contributed by atoms with Crippen molar-refractivity contribution < 1.29 is 1.43 Å². The van der Waals surface area contributed by atoms with Crippen molar-refractivity contribution in [2.24, 2.45) is 11.0 Å². The fourth-order valence-corrected chi connectivity index (χ4v) is 3.45. The SMILES string of the molecule is C=C1C=CC=C/C1=N/N(C)c1cc(-c2ccccc2)cc(CC(C)CC)c1C.CC.CC.CCC.CCC.[HH]. The van der Waals surface area contributed by atoms with E-state index in [9.17, 15) is 0 Å². The predicted octanol–water partition coefficient (Wildman–Crippen LogP) is 11.9. The van der Waals surface area contributed by atoms with Crippen LogP contribution in [-0.2, 0) is 6.42 Å². The highest BCUT2D eigenvalue weighted by molar-refractivity contribution is 6.11. The van der Waals surface area contributed by atoms with Gasteiger partial charge in [0.2, 0.25) is 0 Å². The molecule has 0 N–H and O–H groups in total. The normalized spacial score (nSPS) is 12.9. The number of hydrogen-bond acceptors (Lipinski definition) is 2. The number of anilines is 1. The molecule has 1 aliphatic rings. The molecule has 0 bridgehead atoms. The molecule has 214 valence electrons. The Hall–Kier alpha value is -2.87. The van der Waals surface area contributed by atoms with E-state index in [0.717, 1.165) is 23.4 Å². The highest BCUT2D eigenvalue weighted by Crippen LogP contribution is 2.32. The van der Waals surface area contributed by atoms with E-state index in [4.69, 9.17) is 5.10 Å². The van der Waals surface area contributed by atoms with Gasteiger partial charge in [0, 0.05) is 8.47 Å². The van der Waals surface area contributed by atoms with Gasteiger partial charge in [-0.3, -0.25) is 5.01 Å². The largest absolute Gasteiger partial charge is 0.268 e. The molecule has 2 heteroatoms. The first-order valence-electron chi connectivity index (χ1n) is 14.9. The van der Waals surface area contributed by atoms with Crippen LogP contribution in [0.1, 0.15) is 101 Å². The number of benzene rings is 2. The van der Waals surface area contributed by atoms with Crippen LogP contribution in [0.3, 0.4) is 0 Å². The second-order valence-electron chi connectivity index (χ2n) is 9.03. The first-order chi connectivity index (χ1) is 18.3. The number of hydrazone groups is 1. The number of nitrogens with zero attached hydrogens (tertiary/aromatic N) is 2. The van der Waals surface area contributed by atoms with Gasteiger partial charge in [-0.15, -0.1) is 0 Å². The number of hydrogen-bond donors (Lipinski definition) is 0. The van der Waals surface area contributed by atoms with Gasteiger partial charge in [-0.05, 0) is 59.2 Å². The third-order valence-electron chi connectivity index (χ3n) is 5.46. The van der Waals surface area contributed by atoms with Crippen LogP contribution >= 0.6 is 0 Å². The Morgan fingerprint density at radius 3 is 1.87 bits per heavy atom. The molecule has 2 aromatic rings. The van der Waals surface area contributed by atoms with Crippen LogP contribution in [0.4, 0.5) is 5.69 Å². The van der Waals surface area contributed by atoms with Gasteiger partial charge in [0.25, 0.3) is 0 Å². The van der Waals surface area contributed by atoms with Crippen LogP contribution < -0.4 is 5.01 Å². The Kier molecular flexibility index (Phi) is 22.8. The van der Waals surface area contributed by atoms with Crippen molar-refractivity contribution in [1.29, 1.82) is 0 Å². The third kappa shape index (κ3) is 13.6. The summed E-state index contributed by atoms with van der Waals surface area (Å²) in [7, 11) is 2.02. The van der Waals surface area contributed by atoms with Crippen LogP contribution in [0.15, 0.2) is 84.0 Å². The van der Waals surface area contributed by atoms with Crippen molar-refractivity contribution in [3.63, 3.8) is 0 Å². The summed E-state index contributed by atoms with van der Waals surface area (Å²) in [5.74, 6) is 0.653. The lowest BCUT2D eigenvalue weighted by atomic mass is 9.91. The smallest absolute Gasteiger partial charge is 0.0902 e. The van der Waals surface area contributed by atoms with E-state index < -0.39 is 0 Å². The molecule has 0 radical (unpaired) electrons. The summed E-state index contributed by atoms with van der Waals surface area (Å²) in [6.45, 7) is 27.4. The molecule has 1 aliphatic carbocycles. The maximum Gasteiger partial charge on any atom is 0.0902 e. The van der Waals surface area contributed by atoms with Crippen molar-refractivity contribution in [3.05, 3.63) is 90.0 Å². The van der Waals surface area contributed by atoms with Crippen molar-refractivity contribution in [2.75, 3.05) is 12.1 Å². The quantitative estimate of drug-likeness (QED) is 0.346. The summed E-state index contributed by atoms with van der Waals surface area (Å²) in [4.78, 5) is 0. The Labute approximate surface area is 238 Å². The first-order valence-corrected chi connectivity index (χ1v) is 14.9. The average Bonchev–Trinajstić information content (AvgIpc) is 2.94. The molecule has 38 heavy (non-hydrogen) atoms. The summed E-state index contributed by atoms with van der Waals surface area (Å²) in [5.41, 5.74) is 8.15. The van der Waals surface area contributed by atoms with Crippen LogP contribution in [0.5, 0.6) is 0 Å². The van der Waals surface area contributed by atoms with E-state index in [1.54, 1.807) is 0 Å². The topological polar surface area (TPSA) is 15.6 Å². The minimum Gasteiger partial charge on any atom is -0.268 e. The van der Waals surface area contributed by atoms with E-state index in [-0.39, 0.29) is 1.43 Å². The molecule has 0 aromatic heterocycles. The predicted molar refractivity (Wildman–Crippen MR) is 180 cm³/mol. The van der Waals surface area contributed by atoms with E-state index >= 15 is 0 Å². The van der Waals surface area contributed by atoms with Crippen molar-refractivity contribution in [3.8, 4) is 11.1 Å². The van der Waals surface area contributed by atoms with E-state index in [2.05, 4.69) is 97.5 Å². The summed E-state index contributed by atoms with van der Waals surface area (Å²) in [6.07, 6.45) is 12.8. The van der Waals surface area contributed by atoms with Crippen molar-refractivity contribution in [2.45, 2.75) is 102 Å². The van der Waals surface area contributed by atoms with Gasteiger partial charge >= 0.3 is 0 Å². The highest BCUT2D eigenvalue weighted by Gasteiger charge is 2.14. The molecule has 1 unspecified atom stereocenters. The van der Waals surface area contributed by atoms with Gasteiger partial charge < -0.3 is 0 Å². The Morgan fingerprint density at radius 1 is 0.842 bits per heavy atom. The Morgan fingerprint density at radius 2 is 1.37 bits per heavy atom. The fraction of sp³-hybridized carbons (Fsp3) is 0.472. The van der Waals surface area contributed by atoms with Crippen LogP contribution in [0.2, 0.25) is 0 Å². The first kappa shape index (κ1) is 37.3. The van der Waals surface area contributed by atoms with Gasteiger partial charge in [-0.1, -0.05) is 150 Å². The molecular weight excluding hydrogens is 460 g/mol. The molecule has 3 rings (SSSR count). The van der Waals surface area contributed by atoms with Crippen LogP contribution in [0, 0.1) is 12.8 Å². The summed E-state index contributed by atoms with van der Waals surface area (Å²) in [5, 5.41) is 6.83. The van der Waals surface area contributed by atoms with Crippen LogP contribution in [0.25, 0.3) is 11.1 Å². The van der Waals surface area contributed by atoms with E-state index in [1.165, 1.54) is 41.5 Å². The molecule has 0 fully saturated rings. The van der Waals surface area contributed by atoms with Crippen LogP contribution in [-0.4, -0.2) is 12.8 Å². The molecule has 0 saturated heterocycles. The Bertz CT molecular complexity index is 969. The lowest BCUT2D eigenvalue weighted by Crippen LogP contribution is -2.16. The van der Waals surface area contributed by atoms with Crippen molar-refractivity contribution >= 4 is 11.4 Å². The number of rotatable bonds is 6. The van der Waals surface area contributed by atoms with Gasteiger partial charge in [0.05, 0.1) is 11.4 Å². The van der Waals surface area contributed by atoms with E-state index in [1.807, 2.05) is 64.1 Å². The maximum atomic E-state index is 4.84. The van der Waals surface area contributed by atoms with Crippen molar-refractivity contribution in [1.82, 2.24) is 0 Å².